The van der Waals surface area contributed by atoms with E-state index in [-0.39, 0.29) is 5.69 Å². The molecule has 0 saturated carbocycles. The summed E-state index contributed by atoms with van der Waals surface area (Å²) in [6.07, 6.45) is 2.05. The zero-order chi connectivity index (χ0) is 10.6. The summed E-state index contributed by atoms with van der Waals surface area (Å²) in [7, 11) is 0. The number of nitrogens with zero attached hydrogens (tertiary/aromatic N) is 1. The first-order chi connectivity index (χ1) is 6.59. The van der Waals surface area contributed by atoms with E-state index in [9.17, 15) is 14.4 Å². The van der Waals surface area contributed by atoms with Gasteiger partial charge in [0.15, 0.2) is 0 Å². The molecule has 7 heteroatoms. The quantitative estimate of drug-likeness (QED) is 0.550. The van der Waals surface area contributed by atoms with Gasteiger partial charge in [-0.05, 0) is 0 Å². The predicted molar refractivity (Wildman–Crippen MR) is 44.8 cm³/mol. The van der Waals surface area contributed by atoms with Crippen LogP contribution in [0.1, 0.15) is 10.5 Å². The fourth-order valence-corrected chi connectivity index (χ4v) is 0.713. The summed E-state index contributed by atoms with van der Waals surface area (Å²) in [5, 5.41) is 10.4. The Kier molecular flexibility index (Phi) is 2.95. The standard InChI is InChI=1S/C7H7N3O4/c11-5-2-8-4(1-9-5)7(14)10-3-6(12)13/h1-2H,3H2,(H,9,11)(H,10,14)(H,12,13). The summed E-state index contributed by atoms with van der Waals surface area (Å²) >= 11 is 0. The fraction of sp³-hybridized carbons (Fsp3) is 0.143. The van der Waals surface area contributed by atoms with E-state index in [1.807, 2.05) is 0 Å². The molecule has 74 valence electrons. The van der Waals surface area contributed by atoms with Crippen LogP contribution in [0.4, 0.5) is 0 Å². The lowest BCUT2D eigenvalue weighted by atomic mass is 10.4. The minimum atomic E-state index is -1.15. The molecule has 0 aliphatic heterocycles. The number of hydrogen-bond acceptors (Lipinski definition) is 4. The van der Waals surface area contributed by atoms with E-state index in [4.69, 9.17) is 5.11 Å². The Balaban J connectivity index is 2.65. The highest BCUT2D eigenvalue weighted by atomic mass is 16.4. The molecule has 0 saturated heterocycles. The normalized spacial score (nSPS) is 9.43. The van der Waals surface area contributed by atoms with Crippen molar-refractivity contribution < 1.29 is 14.7 Å². The third-order valence-electron chi connectivity index (χ3n) is 1.30. The van der Waals surface area contributed by atoms with Gasteiger partial charge in [-0.2, -0.15) is 0 Å². The molecule has 0 radical (unpaired) electrons. The van der Waals surface area contributed by atoms with Gasteiger partial charge in [0.25, 0.3) is 11.5 Å². The number of hydrogen-bond donors (Lipinski definition) is 3. The van der Waals surface area contributed by atoms with E-state index < -0.39 is 24.0 Å². The molecule has 1 aromatic rings. The van der Waals surface area contributed by atoms with Gasteiger partial charge in [-0.25, -0.2) is 4.98 Å². The topological polar surface area (TPSA) is 112 Å². The average molecular weight is 197 g/mol. The van der Waals surface area contributed by atoms with Gasteiger partial charge in [-0.1, -0.05) is 0 Å². The largest absolute Gasteiger partial charge is 0.480 e. The van der Waals surface area contributed by atoms with Gasteiger partial charge in [0.05, 0.1) is 6.20 Å². The molecule has 0 unspecified atom stereocenters. The van der Waals surface area contributed by atoms with Crippen LogP contribution in [0.3, 0.4) is 0 Å². The van der Waals surface area contributed by atoms with Crippen molar-refractivity contribution in [3.63, 3.8) is 0 Å². The molecular weight excluding hydrogens is 190 g/mol. The van der Waals surface area contributed by atoms with Crippen LogP contribution < -0.4 is 10.9 Å². The van der Waals surface area contributed by atoms with Crippen LogP contribution in [0.5, 0.6) is 0 Å². The van der Waals surface area contributed by atoms with Gasteiger partial charge in [0.1, 0.15) is 12.2 Å². The Morgan fingerprint density at radius 2 is 2.29 bits per heavy atom. The molecule has 1 aromatic heterocycles. The highest BCUT2D eigenvalue weighted by molar-refractivity contribution is 5.93. The van der Waals surface area contributed by atoms with E-state index >= 15 is 0 Å². The van der Waals surface area contributed by atoms with Gasteiger partial charge >= 0.3 is 5.97 Å². The fourth-order valence-electron chi connectivity index (χ4n) is 0.713. The van der Waals surface area contributed by atoms with Crippen molar-refractivity contribution in [2.24, 2.45) is 0 Å². The number of carboxylic acid groups (broad SMARTS) is 1. The Morgan fingerprint density at radius 3 is 2.79 bits per heavy atom. The summed E-state index contributed by atoms with van der Waals surface area (Å²) in [6.45, 7) is -0.486. The number of H-pyrrole nitrogens is 1. The number of carboxylic acids is 1. The molecule has 0 aromatic carbocycles. The lowest BCUT2D eigenvalue weighted by molar-refractivity contribution is -0.135. The number of amides is 1. The summed E-state index contributed by atoms with van der Waals surface area (Å²) in [5.41, 5.74) is -0.467. The monoisotopic (exact) mass is 197 g/mol. The van der Waals surface area contributed by atoms with E-state index in [2.05, 4.69) is 15.3 Å². The molecule has 0 spiro atoms. The van der Waals surface area contributed by atoms with Crippen LogP contribution >= 0.6 is 0 Å². The molecule has 0 aliphatic carbocycles. The first-order valence-corrected chi connectivity index (χ1v) is 3.64. The maximum Gasteiger partial charge on any atom is 0.322 e. The minimum Gasteiger partial charge on any atom is -0.480 e. The van der Waals surface area contributed by atoms with Crippen LogP contribution in [0, 0.1) is 0 Å². The van der Waals surface area contributed by atoms with Gasteiger partial charge in [-0.15, -0.1) is 0 Å². The SMILES string of the molecule is O=C(O)CNC(=O)c1c[nH]c(=O)cn1. The zero-order valence-electron chi connectivity index (χ0n) is 6.98. The van der Waals surface area contributed by atoms with Crippen LogP contribution in [0.25, 0.3) is 0 Å². The number of aromatic amines is 1. The van der Waals surface area contributed by atoms with E-state index in [1.54, 1.807) is 0 Å². The first-order valence-electron chi connectivity index (χ1n) is 3.64. The Bertz CT molecular complexity index is 391. The molecule has 14 heavy (non-hydrogen) atoms. The highest BCUT2D eigenvalue weighted by Crippen LogP contribution is 1.86. The Hall–Kier alpha value is -2.18. The lowest BCUT2D eigenvalue weighted by Crippen LogP contribution is -2.30. The van der Waals surface area contributed by atoms with E-state index in [0.29, 0.717) is 0 Å². The smallest absolute Gasteiger partial charge is 0.322 e. The van der Waals surface area contributed by atoms with E-state index in [1.165, 1.54) is 0 Å². The number of aromatic nitrogens is 2. The highest BCUT2D eigenvalue weighted by Gasteiger charge is 2.07. The second-order valence-electron chi connectivity index (χ2n) is 2.37. The van der Waals surface area contributed by atoms with Crippen molar-refractivity contribution in [1.82, 2.24) is 15.3 Å². The molecule has 0 aliphatic rings. The molecule has 1 amide bonds. The predicted octanol–water partition coefficient (Wildman–Crippen LogP) is -1.42. The molecule has 1 rings (SSSR count). The minimum absolute atomic E-state index is 0.0362. The first kappa shape index (κ1) is 9.90. The second-order valence-corrected chi connectivity index (χ2v) is 2.37. The summed E-state index contributed by atoms with van der Waals surface area (Å²) in [6, 6.07) is 0. The zero-order valence-corrected chi connectivity index (χ0v) is 6.98. The van der Waals surface area contributed by atoms with Crippen molar-refractivity contribution in [1.29, 1.82) is 0 Å². The number of carbonyl (C=O) groups is 2. The van der Waals surface area contributed by atoms with Crippen LogP contribution in [-0.4, -0.2) is 33.5 Å². The second kappa shape index (κ2) is 4.17. The van der Waals surface area contributed by atoms with Gasteiger partial charge in [-0.3, -0.25) is 14.4 Å². The Morgan fingerprint density at radius 1 is 1.57 bits per heavy atom. The number of nitrogens with one attached hydrogen (secondary N) is 2. The Labute approximate surface area is 77.8 Å². The summed E-state index contributed by atoms with van der Waals surface area (Å²) in [4.78, 5) is 37.5. The number of carbonyl (C=O) groups excluding carboxylic acids is 1. The van der Waals surface area contributed by atoms with Crippen molar-refractivity contribution in [2.45, 2.75) is 0 Å². The van der Waals surface area contributed by atoms with Crippen LogP contribution in [0.2, 0.25) is 0 Å². The lowest BCUT2D eigenvalue weighted by Gasteiger charge is -1.99. The van der Waals surface area contributed by atoms with Crippen molar-refractivity contribution in [3.8, 4) is 0 Å². The third kappa shape index (κ3) is 2.70. The molecular formula is C7H7N3O4. The molecule has 1 heterocycles. The van der Waals surface area contributed by atoms with Gasteiger partial charge in [0, 0.05) is 6.20 Å². The van der Waals surface area contributed by atoms with Crippen LogP contribution in [-0.2, 0) is 4.79 Å². The average Bonchev–Trinajstić information content (AvgIpc) is 2.15. The van der Waals surface area contributed by atoms with Crippen LogP contribution in [0.15, 0.2) is 17.2 Å². The van der Waals surface area contributed by atoms with Crippen molar-refractivity contribution >= 4 is 11.9 Å². The molecule has 0 fully saturated rings. The summed E-state index contributed by atoms with van der Waals surface area (Å²) in [5.74, 6) is -1.80. The summed E-state index contributed by atoms with van der Waals surface area (Å²) < 4.78 is 0. The number of rotatable bonds is 3. The third-order valence-corrected chi connectivity index (χ3v) is 1.30. The number of aliphatic carboxylic acids is 1. The molecule has 0 atom stereocenters. The van der Waals surface area contributed by atoms with E-state index in [0.717, 1.165) is 12.4 Å². The molecule has 3 N–H and O–H groups in total. The van der Waals surface area contributed by atoms with Gasteiger partial charge < -0.3 is 15.4 Å². The molecule has 0 bridgehead atoms. The molecule has 7 nitrogen and oxygen atoms in total. The van der Waals surface area contributed by atoms with Crippen molar-refractivity contribution in [3.05, 3.63) is 28.4 Å². The van der Waals surface area contributed by atoms with Crippen molar-refractivity contribution in [2.75, 3.05) is 6.54 Å². The van der Waals surface area contributed by atoms with Gasteiger partial charge in [0.2, 0.25) is 0 Å². The maximum absolute atomic E-state index is 11.1. The maximum atomic E-state index is 11.1.